The predicted molar refractivity (Wildman–Crippen MR) is 78.5 cm³/mol. The molecule has 0 atom stereocenters. The summed E-state index contributed by atoms with van der Waals surface area (Å²) in [6.45, 7) is 8.46. The second-order valence-electron chi connectivity index (χ2n) is 5.06. The molecule has 106 valence electrons. The number of hydrogen-bond donors (Lipinski definition) is 1. The molecule has 1 rings (SSSR count). The van der Waals surface area contributed by atoms with E-state index in [2.05, 4.69) is 33.0 Å². The van der Waals surface area contributed by atoms with Gasteiger partial charge in [0.2, 0.25) is 0 Å². The number of amides is 1. The number of hydrogen-bond acceptors (Lipinski definition) is 2. The Morgan fingerprint density at radius 2 is 1.84 bits per heavy atom. The zero-order chi connectivity index (χ0) is 14.3. The Bertz CT molecular complexity index is 397. The quantitative estimate of drug-likeness (QED) is 0.817. The van der Waals surface area contributed by atoms with Crippen LogP contribution in [-0.4, -0.2) is 18.6 Å². The van der Waals surface area contributed by atoms with Gasteiger partial charge in [-0.05, 0) is 30.4 Å². The monoisotopic (exact) mass is 263 g/mol. The van der Waals surface area contributed by atoms with E-state index < -0.39 is 0 Å². The van der Waals surface area contributed by atoms with E-state index in [1.807, 2.05) is 24.3 Å². The first-order valence-electron chi connectivity index (χ1n) is 7.09. The fourth-order valence-electron chi connectivity index (χ4n) is 1.99. The highest BCUT2D eigenvalue weighted by Gasteiger charge is 2.11. The Kier molecular flexibility index (Phi) is 6.40. The Labute approximate surface area is 116 Å². The van der Waals surface area contributed by atoms with Crippen LogP contribution in [0.3, 0.4) is 0 Å². The fourth-order valence-corrected chi connectivity index (χ4v) is 1.99. The number of ether oxygens (including phenoxy) is 1. The van der Waals surface area contributed by atoms with Crippen LogP contribution in [0.15, 0.2) is 24.3 Å². The first-order valence-corrected chi connectivity index (χ1v) is 7.09. The largest absolute Gasteiger partial charge is 0.483 e. The lowest BCUT2D eigenvalue weighted by Crippen LogP contribution is -2.37. The van der Waals surface area contributed by atoms with Crippen molar-refractivity contribution in [3.05, 3.63) is 29.8 Å². The molecule has 1 aromatic rings. The Morgan fingerprint density at radius 1 is 1.21 bits per heavy atom. The number of nitrogens with one attached hydrogen (secondary N) is 1. The number of rotatable bonds is 7. The van der Waals surface area contributed by atoms with E-state index in [0.29, 0.717) is 5.92 Å². The average molecular weight is 263 g/mol. The van der Waals surface area contributed by atoms with Gasteiger partial charge in [0.05, 0.1) is 0 Å². The van der Waals surface area contributed by atoms with Crippen LogP contribution in [0.2, 0.25) is 0 Å². The van der Waals surface area contributed by atoms with E-state index in [1.54, 1.807) is 0 Å². The highest BCUT2D eigenvalue weighted by Crippen LogP contribution is 2.25. The van der Waals surface area contributed by atoms with Crippen molar-refractivity contribution in [1.82, 2.24) is 5.32 Å². The van der Waals surface area contributed by atoms with E-state index in [4.69, 9.17) is 4.74 Å². The van der Waals surface area contributed by atoms with Gasteiger partial charge in [-0.2, -0.15) is 0 Å². The second kappa shape index (κ2) is 7.82. The molecular weight excluding hydrogens is 238 g/mol. The third-order valence-electron chi connectivity index (χ3n) is 3.25. The van der Waals surface area contributed by atoms with Gasteiger partial charge >= 0.3 is 0 Å². The maximum Gasteiger partial charge on any atom is 0.258 e. The van der Waals surface area contributed by atoms with Crippen LogP contribution < -0.4 is 10.1 Å². The molecule has 0 aliphatic heterocycles. The van der Waals surface area contributed by atoms with Crippen molar-refractivity contribution in [2.45, 2.75) is 52.5 Å². The summed E-state index contributed by atoms with van der Waals surface area (Å²) in [4.78, 5) is 11.8. The molecule has 0 bridgehead atoms. The van der Waals surface area contributed by atoms with Gasteiger partial charge in [0, 0.05) is 6.04 Å². The summed E-state index contributed by atoms with van der Waals surface area (Å²) in [5.41, 5.74) is 1.14. The van der Waals surface area contributed by atoms with Crippen LogP contribution in [0.5, 0.6) is 5.75 Å². The molecule has 0 radical (unpaired) electrons. The lowest BCUT2D eigenvalue weighted by Gasteiger charge is -2.16. The van der Waals surface area contributed by atoms with Crippen molar-refractivity contribution in [2.24, 2.45) is 0 Å². The number of para-hydroxylation sites is 1. The van der Waals surface area contributed by atoms with Crippen molar-refractivity contribution >= 4 is 5.91 Å². The lowest BCUT2D eigenvalue weighted by molar-refractivity contribution is -0.123. The highest BCUT2D eigenvalue weighted by molar-refractivity contribution is 5.77. The first-order chi connectivity index (χ1) is 9.08. The summed E-state index contributed by atoms with van der Waals surface area (Å²) in [7, 11) is 0. The molecule has 0 aliphatic carbocycles. The molecule has 0 saturated heterocycles. The Hall–Kier alpha value is -1.51. The summed E-state index contributed by atoms with van der Waals surface area (Å²) in [6.07, 6.45) is 1.90. The Balaban J connectivity index is 2.55. The molecule has 0 unspecified atom stereocenters. The average Bonchev–Trinajstić information content (AvgIpc) is 2.42. The summed E-state index contributed by atoms with van der Waals surface area (Å²) < 4.78 is 5.64. The molecule has 0 spiro atoms. The highest BCUT2D eigenvalue weighted by atomic mass is 16.5. The van der Waals surface area contributed by atoms with Gasteiger partial charge in [-0.25, -0.2) is 0 Å². The molecule has 19 heavy (non-hydrogen) atoms. The van der Waals surface area contributed by atoms with Crippen LogP contribution in [0.25, 0.3) is 0 Å². The molecule has 0 heterocycles. The van der Waals surface area contributed by atoms with Crippen molar-refractivity contribution < 1.29 is 9.53 Å². The van der Waals surface area contributed by atoms with Crippen molar-refractivity contribution in [2.75, 3.05) is 6.61 Å². The molecule has 0 aliphatic rings. The van der Waals surface area contributed by atoms with Gasteiger partial charge in [-0.15, -0.1) is 0 Å². The maximum absolute atomic E-state index is 11.8. The van der Waals surface area contributed by atoms with Gasteiger partial charge in [-0.1, -0.05) is 45.9 Å². The van der Waals surface area contributed by atoms with E-state index in [1.165, 1.54) is 0 Å². The second-order valence-corrected chi connectivity index (χ2v) is 5.06. The summed E-state index contributed by atoms with van der Waals surface area (Å²) >= 11 is 0. The zero-order valence-corrected chi connectivity index (χ0v) is 12.4. The molecule has 1 N–H and O–H groups in total. The molecule has 1 amide bonds. The van der Waals surface area contributed by atoms with Gasteiger partial charge < -0.3 is 10.1 Å². The third kappa shape index (κ3) is 4.93. The fraction of sp³-hybridized carbons (Fsp3) is 0.562. The summed E-state index contributed by atoms with van der Waals surface area (Å²) in [6, 6.07) is 8.13. The van der Waals surface area contributed by atoms with Crippen LogP contribution in [0.4, 0.5) is 0 Å². The predicted octanol–water partition coefficient (Wildman–Crippen LogP) is 3.49. The standard InChI is InChI=1S/C16H25NO2/c1-5-13(6-2)17-16(18)11-19-15-10-8-7-9-14(15)12(3)4/h7-10,12-13H,5-6,11H2,1-4H3,(H,17,18). The Morgan fingerprint density at radius 3 is 2.42 bits per heavy atom. The van der Waals surface area contributed by atoms with Crippen molar-refractivity contribution in [3.8, 4) is 5.75 Å². The van der Waals surface area contributed by atoms with Crippen LogP contribution in [-0.2, 0) is 4.79 Å². The van der Waals surface area contributed by atoms with Gasteiger partial charge in [0.25, 0.3) is 5.91 Å². The van der Waals surface area contributed by atoms with E-state index in [0.717, 1.165) is 24.2 Å². The molecule has 3 heteroatoms. The minimum absolute atomic E-state index is 0.0488. The van der Waals surface area contributed by atoms with E-state index in [-0.39, 0.29) is 18.6 Å². The maximum atomic E-state index is 11.8. The normalized spacial score (nSPS) is 10.8. The van der Waals surface area contributed by atoms with Gasteiger partial charge in [0.1, 0.15) is 5.75 Å². The summed E-state index contributed by atoms with van der Waals surface area (Å²) in [5, 5.41) is 2.97. The van der Waals surface area contributed by atoms with Crippen molar-refractivity contribution in [1.29, 1.82) is 0 Å². The summed E-state index contributed by atoms with van der Waals surface area (Å²) in [5.74, 6) is 1.14. The minimum atomic E-state index is -0.0488. The van der Waals surface area contributed by atoms with Gasteiger partial charge in [0.15, 0.2) is 6.61 Å². The molecule has 0 saturated carbocycles. The smallest absolute Gasteiger partial charge is 0.258 e. The van der Waals surface area contributed by atoms with Crippen LogP contribution >= 0.6 is 0 Å². The van der Waals surface area contributed by atoms with E-state index in [9.17, 15) is 4.79 Å². The van der Waals surface area contributed by atoms with Gasteiger partial charge in [-0.3, -0.25) is 4.79 Å². The van der Waals surface area contributed by atoms with E-state index >= 15 is 0 Å². The lowest BCUT2D eigenvalue weighted by atomic mass is 10.0. The third-order valence-corrected chi connectivity index (χ3v) is 3.25. The molecular formula is C16H25NO2. The first kappa shape index (κ1) is 15.5. The molecule has 1 aromatic carbocycles. The van der Waals surface area contributed by atoms with Crippen LogP contribution in [0, 0.1) is 0 Å². The van der Waals surface area contributed by atoms with Crippen LogP contribution in [0.1, 0.15) is 52.0 Å². The van der Waals surface area contributed by atoms with Crippen molar-refractivity contribution in [3.63, 3.8) is 0 Å². The zero-order valence-electron chi connectivity index (χ0n) is 12.4. The topological polar surface area (TPSA) is 38.3 Å². The minimum Gasteiger partial charge on any atom is -0.483 e. The molecule has 0 fully saturated rings. The number of benzene rings is 1. The molecule has 3 nitrogen and oxygen atoms in total. The number of carbonyl (C=O) groups excluding carboxylic acids is 1. The molecule has 0 aromatic heterocycles. The number of carbonyl (C=O) groups is 1. The SMILES string of the molecule is CCC(CC)NC(=O)COc1ccccc1C(C)C.